The van der Waals surface area contributed by atoms with Gasteiger partial charge in [-0.25, -0.2) is 8.42 Å². The van der Waals surface area contributed by atoms with Gasteiger partial charge in [0.25, 0.3) is 0 Å². The molecule has 0 atom stereocenters. The molecule has 0 bridgehead atoms. The van der Waals surface area contributed by atoms with E-state index < -0.39 is 10.0 Å². The van der Waals surface area contributed by atoms with Crippen LogP contribution in [-0.2, 0) is 10.0 Å². The summed E-state index contributed by atoms with van der Waals surface area (Å²) in [5, 5.41) is 0. The molecule has 5 heteroatoms. The average Bonchev–Trinajstić information content (AvgIpc) is 1.65. The van der Waals surface area contributed by atoms with E-state index in [9.17, 15) is 8.42 Å². The summed E-state index contributed by atoms with van der Waals surface area (Å²) in [6.07, 6.45) is 1.14. The van der Waals surface area contributed by atoms with Crippen LogP contribution in [0.15, 0.2) is 0 Å². The van der Waals surface area contributed by atoms with E-state index in [4.69, 9.17) is 11.6 Å². The Morgan fingerprint density at radius 1 is 1.56 bits per heavy atom. The van der Waals surface area contributed by atoms with Crippen LogP contribution in [0.2, 0.25) is 0 Å². The molecule has 0 spiro atoms. The van der Waals surface area contributed by atoms with Crippen LogP contribution in [0.1, 0.15) is 6.92 Å². The third-order valence-corrected chi connectivity index (χ3v) is 2.71. The molecule has 0 N–H and O–H groups in total. The number of hydrogen-bond donors (Lipinski definition) is 0. The van der Waals surface area contributed by atoms with Gasteiger partial charge in [0, 0.05) is 6.54 Å². The fraction of sp³-hybridized carbons (Fsp3) is 1.00. The highest BCUT2D eigenvalue weighted by atomic mass is 35.5. The highest BCUT2D eigenvalue weighted by molar-refractivity contribution is 7.88. The third kappa shape index (κ3) is 3.03. The van der Waals surface area contributed by atoms with E-state index in [0.717, 1.165) is 6.26 Å². The third-order valence-electron chi connectivity index (χ3n) is 0.955. The van der Waals surface area contributed by atoms with Crippen molar-refractivity contribution in [2.24, 2.45) is 0 Å². The molecule has 0 unspecified atom stereocenters. The predicted octanol–water partition coefficient (Wildman–Crippen LogP) is 0.464. The Morgan fingerprint density at radius 2 is 2.00 bits per heavy atom. The van der Waals surface area contributed by atoms with Gasteiger partial charge in [0.15, 0.2) is 0 Å². The summed E-state index contributed by atoms with van der Waals surface area (Å²) in [7, 11) is -3.06. The standard InChI is InChI=1S/C4H10ClNO2S/c1-3-6(4-5)9(2,7)8/h3-4H2,1-2H3. The number of nitrogens with zero attached hydrogens (tertiary/aromatic N) is 1. The first-order chi connectivity index (χ1) is 4.02. The lowest BCUT2D eigenvalue weighted by Crippen LogP contribution is -2.28. The van der Waals surface area contributed by atoms with Crippen LogP contribution in [0.4, 0.5) is 0 Å². The maximum Gasteiger partial charge on any atom is 0.212 e. The van der Waals surface area contributed by atoms with E-state index in [1.54, 1.807) is 6.92 Å². The Kier molecular flexibility index (Phi) is 3.46. The van der Waals surface area contributed by atoms with Crippen molar-refractivity contribution in [2.75, 3.05) is 18.8 Å². The average molecular weight is 172 g/mol. The van der Waals surface area contributed by atoms with Crippen LogP contribution < -0.4 is 0 Å². The molecule has 9 heavy (non-hydrogen) atoms. The van der Waals surface area contributed by atoms with E-state index in [0.29, 0.717) is 6.54 Å². The molecular formula is C4H10ClNO2S. The maximum absolute atomic E-state index is 10.6. The zero-order valence-electron chi connectivity index (χ0n) is 5.46. The van der Waals surface area contributed by atoms with Crippen molar-refractivity contribution in [1.82, 2.24) is 4.31 Å². The number of hydrogen-bond acceptors (Lipinski definition) is 2. The summed E-state index contributed by atoms with van der Waals surface area (Å²) in [5.41, 5.74) is 0. The van der Waals surface area contributed by atoms with Gasteiger partial charge in [-0.3, -0.25) is 0 Å². The van der Waals surface area contributed by atoms with Gasteiger partial charge in [0.1, 0.15) is 0 Å². The lowest BCUT2D eigenvalue weighted by Gasteiger charge is -2.12. The topological polar surface area (TPSA) is 37.4 Å². The molecule has 0 amide bonds. The van der Waals surface area contributed by atoms with E-state index in [1.165, 1.54) is 4.31 Å². The molecule has 0 saturated heterocycles. The second kappa shape index (κ2) is 3.39. The van der Waals surface area contributed by atoms with E-state index >= 15 is 0 Å². The van der Waals surface area contributed by atoms with Crippen LogP contribution >= 0.6 is 11.6 Å². The lowest BCUT2D eigenvalue weighted by atomic mass is 10.8. The molecular weight excluding hydrogens is 162 g/mol. The van der Waals surface area contributed by atoms with Crippen molar-refractivity contribution in [3.05, 3.63) is 0 Å². The quantitative estimate of drug-likeness (QED) is 0.457. The Bertz CT molecular complexity index is 161. The number of sulfonamides is 1. The first kappa shape index (κ1) is 9.20. The monoisotopic (exact) mass is 171 g/mol. The molecule has 0 fully saturated rings. The Balaban J connectivity index is 4.14. The van der Waals surface area contributed by atoms with Crippen LogP contribution in [0.25, 0.3) is 0 Å². The molecule has 0 aliphatic heterocycles. The largest absolute Gasteiger partial charge is 0.212 e. The van der Waals surface area contributed by atoms with Crippen molar-refractivity contribution < 1.29 is 8.42 Å². The van der Waals surface area contributed by atoms with Gasteiger partial charge in [0.2, 0.25) is 10.0 Å². The maximum atomic E-state index is 10.6. The molecule has 0 saturated carbocycles. The van der Waals surface area contributed by atoms with Crippen LogP contribution in [0.5, 0.6) is 0 Å². The molecule has 3 nitrogen and oxygen atoms in total. The van der Waals surface area contributed by atoms with E-state index in [1.807, 2.05) is 0 Å². The highest BCUT2D eigenvalue weighted by Crippen LogP contribution is 1.97. The molecule has 0 heterocycles. The molecule has 0 aromatic heterocycles. The van der Waals surface area contributed by atoms with Crippen molar-refractivity contribution in [2.45, 2.75) is 6.92 Å². The van der Waals surface area contributed by atoms with Gasteiger partial charge in [-0.15, -0.1) is 11.6 Å². The van der Waals surface area contributed by atoms with Crippen molar-refractivity contribution >= 4 is 21.6 Å². The van der Waals surface area contributed by atoms with E-state index in [2.05, 4.69) is 0 Å². The molecule has 56 valence electrons. The first-order valence-corrected chi connectivity index (χ1v) is 4.91. The second-order valence-corrected chi connectivity index (χ2v) is 3.87. The van der Waals surface area contributed by atoms with Crippen LogP contribution in [-0.4, -0.2) is 31.5 Å². The second-order valence-electron chi connectivity index (χ2n) is 1.65. The summed E-state index contributed by atoms with van der Waals surface area (Å²) < 4.78 is 22.4. The van der Waals surface area contributed by atoms with Gasteiger partial charge in [-0.05, 0) is 0 Å². The van der Waals surface area contributed by atoms with Crippen LogP contribution in [0.3, 0.4) is 0 Å². The summed E-state index contributed by atoms with van der Waals surface area (Å²) in [4.78, 5) is 0. The van der Waals surface area contributed by atoms with Crippen molar-refractivity contribution in [3.63, 3.8) is 0 Å². The first-order valence-electron chi connectivity index (χ1n) is 2.53. The SMILES string of the molecule is CCN(CCl)S(C)(=O)=O. The van der Waals surface area contributed by atoms with Gasteiger partial charge < -0.3 is 0 Å². The summed E-state index contributed by atoms with van der Waals surface area (Å²) >= 11 is 5.30. The van der Waals surface area contributed by atoms with Crippen LogP contribution in [0, 0.1) is 0 Å². The molecule has 0 aliphatic carbocycles. The number of rotatable bonds is 3. The zero-order valence-corrected chi connectivity index (χ0v) is 7.04. The van der Waals surface area contributed by atoms with Crippen molar-refractivity contribution in [3.8, 4) is 0 Å². The highest BCUT2D eigenvalue weighted by Gasteiger charge is 2.11. The fourth-order valence-electron chi connectivity index (χ4n) is 0.408. The minimum absolute atomic E-state index is 0.0370. The Hall–Kier alpha value is 0.200. The Morgan fingerprint density at radius 3 is 2.00 bits per heavy atom. The predicted molar refractivity (Wildman–Crippen MR) is 37.9 cm³/mol. The van der Waals surface area contributed by atoms with Crippen molar-refractivity contribution in [1.29, 1.82) is 0 Å². The van der Waals surface area contributed by atoms with Gasteiger partial charge in [0.05, 0.1) is 12.3 Å². The molecule has 0 rings (SSSR count). The lowest BCUT2D eigenvalue weighted by molar-refractivity contribution is 0.479. The smallest absolute Gasteiger partial charge is 0.212 e. The zero-order chi connectivity index (χ0) is 7.49. The minimum Gasteiger partial charge on any atom is -0.212 e. The fourth-order valence-corrected chi connectivity index (χ4v) is 1.75. The van der Waals surface area contributed by atoms with Gasteiger partial charge in [-0.1, -0.05) is 6.92 Å². The summed E-state index contributed by atoms with van der Waals surface area (Å²) in [6, 6.07) is 0.0370. The molecule has 0 aromatic carbocycles. The Labute approximate surface area is 60.7 Å². The summed E-state index contributed by atoms with van der Waals surface area (Å²) in [6.45, 7) is 2.17. The molecule has 0 aliphatic rings. The summed E-state index contributed by atoms with van der Waals surface area (Å²) in [5.74, 6) is 0. The van der Waals surface area contributed by atoms with Gasteiger partial charge >= 0.3 is 0 Å². The molecule has 0 aromatic rings. The minimum atomic E-state index is -3.06. The molecule has 0 radical (unpaired) electrons. The number of alkyl halides is 1. The van der Waals surface area contributed by atoms with E-state index in [-0.39, 0.29) is 6.00 Å². The normalized spacial score (nSPS) is 12.4. The van der Waals surface area contributed by atoms with Gasteiger partial charge in [-0.2, -0.15) is 4.31 Å². The number of halogens is 1.